The Kier molecular flexibility index (Phi) is 6.28. The molecular weight excluding hydrogens is 441 g/mol. The van der Waals surface area contributed by atoms with E-state index in [0.29, 0.717) is 11.4 Å². The highest BCUT2D eigenvalue weighted by Gasteiger charge is 2.16. The van der Waals surface area contributed by atoms with Crippen LogP contribution >= 0.6 is 0 Å². The van der Waals surface area contributed by atoms with Crippen molar-refractivity contribution in [3.8, 4) is 0 Å². The Morgan fingerprint density at radius 2 is 1.45 bits per heavy atom. The predicted octanol–water partition coefficient (Wildman–Crippen LogP) is 5.22. The number of hydrogen-bond donors (Lipinski definition) is 3. The average Bonchev–Trinajstić information content (AvgIpc) is 2.80. The molecule has 0 bridgehead atoms. The first kappa shape index (κ1) is 22.3. The molecule has 4 aromatic carbocycles. The Hall–Kier alpha value is -3.91. The number of benzene rings is 4. The SMILES string of the molecule is C[C@@H](Nc1ccc(NS(=O)(=O)c2ccc(F)cc2)cc1)C(=O)Nc1cccc2ccccc12. The summed E-state index contributed by atoms with van der Waals surface area (Å²) in [4.78, 5) is 12.7. The maximum absolute atomic E-state index is 13.0. The van der Waals surface area contributed by atoms with E-state index in [1.54, 1.807) is 31.2 Å². The molecule has 6 nitrogen and oxygen atoms in total. The van der Waals surface area contributed by atoms with Crippen molar-refractivity contribution in [2.24, 2.45) is 0 Å². The van der Waals surface area contributed by atoms with Crippen LogP contribution in [0, 0.1) is 5.82 Å². The van der Waals surface area contributed by atoms with Gasteiger partial charge in [0, 0.05) is 22.4 Å². The lowest BCUT2D eigenvalue weighted by molar-refractivity contribution is -0.116. The number of sulfonamides is 1. The molecule has 0 aliphatic heterocycles. The van der Waals surface area contributed by atoms with Crippen LogP contribution in [0.25, 0.3) is 10.8 Å². The van der Waals surface area contributed by atoms with E-state index in [2.05, 4.69) is 15.4 Å². The zero-order valence-corrected chi connectivity index (χ0v) is 18.6. The van der Waals surface area contributed by atoms with Gasteiger partial charge in [0.2, 0.25) is 5.91 Å². The van der Waals surface area contributed by atoms with Crippen molar-refractivity contribution in [1.82, 2.24) is 0 Å². The third-order valence-corrected chi connectivity index (χ3v) is 6.48. The van der Waals surface area contributed by atoms with Crippen LogP contribution in [0.15, 0.2) is 95.9 Å². The second-order valence-corrected chi connectivity index (χ2v) is 9.20. The van der Waals surface area contributed by atoms with Gasteiger partial charge in [0.15, 0.2) is 0 Å². The molecular formula is C25H22FN3O3S. The van der Waals surface area contributed by atoms with Crippen LogP contribution in [0.1, 0.15) is 6.92 Å². The number of halogens is 1. The molecule has 3 N–H and O–H groups in total. The standard InChI is InChI=1S/C25H22FN3O3S/c1-17(25(30)28-24-8-4-6-18-5-2-3-7-23(18)24)27-20-11-13-21(14-12-20)29-33(31,32)22-15-9-19(26)10-16-22/h2-17,27,29H,1H3,(H,28,30)/t17-/m1/s1. The van der Waals surface area contributed by atoms with E-state index in [9.17, 15) is 17.6 Å². The molecule has 0 unspecified atom stereocenters. The Morgan fingerprint density at radius 1 is 0.818 bits per heavy atom. The van der Waals surface area contributed by atoms with Crippen molar-refractivity contribution in [3.63, 3.8) is 0 Å². The number of amides is 1. The van der Waals surface area contributed by atoms with E-state index in [4.69, 9.17) is 0 Å². The van der Waals surface area contributed by atoms with Gasteiger partial charge in [-0.25, -0.2) is 12.8 Å². The Balaban J connectivity index is 1.40. The van der Waals surface area contributed by atoms with Crippen molar-refractivity contribution in [2.75, 3.05) is 15.4 Å². The molecule has 1 atom stereocenters. The number of nitrogens with one attached hydrogen (secondary N) is 3. The molecule has 1 amide bonds. The number of carbonyl (C=O) groups is 1. The van der Waals surface area contributed by atoms with Gasteiger partial charge in [-0.2, -0.15) is 0 Å². The van der Waals surface area contributed by atoms with Crippen molar-refractivity contribution in [2.45, 2.75) is 17.9 Å². The Morgan fingerprint density at radius 3 is 2.18 bits per heavy atom. The van der Waals surface area contributed by atoms with Gasteiger partial charge in [0.05, 0.1) is 4.90 Å². The molecule has 0 saturated heterocycles. The number of fused-ring (bicyclic) bond motifs is 1. The number of rotatable bonds is 7. The van der Waals surface area contributed by atoms with Crippen molar-refractivity contribution < 1.29 is 17.6 Å². The fourth-order valence-electron chi connectivity index (χ4n) is 3.35. The summed E-state index contributed by atoms with van der Waals surface area (Å²) in [5.74, 6) is -0.713. The highest BCUT2D eigenvalue weighted by atomic mass is 32.2. The summed E-state index contributed by atoms with van der Waals surface area (Å²) in [7, 11) is -3.83. The molecule has 0 saturated carbocycles. The fraction of sp³-hybridized carbons (Fsp3) is 0.0800. The highest BCUT2D eigenvalue weighted by molar-refractivity contribution is 7.92. The van der Waals surface area contributed by atoms with Gasteiger partial charge in [-0.05, 0) is 66.9 Å². The molecule has 4 aromatic rings. The van der Waals surface area contributed by atoms with Gasteiger partial charge < -0.3 is 10.6 Å². The minimum absolute atomic E-state index is 0.0372. The lowest BCUT2D eigenvalue weighted by Gasteiger charge is -2.17. The largest absolute Gasteiger partial charge is 0.374 e. The first-order valence-electron chi connectivity index (χ1n) is 10.3. The van der Waals surface area contributed by atoms with E-state index in [1.807, 2.05) is 42.5 Å². The summed E-state index contributed by atoms with van der Waals surface area (Å²) in [6.07, 6.45) is 0. The quantitative estimate of drug-likeness (QED) is 0.351. The summed E-state index contributed by atoms with van der Waals surface area (Å²) >= 11 is 0. The maximum Gasteiger partial charge on any atom is 0.261 e. The molecule has 0 radical (unpaired) electrons. The zero-order chi connectivity index (χ0) is 23.4. The van der Waals surface area contributed by atoms with Crippen LogP contribution in [0.5, 0.6) is 0 Å². The number of carbonyl (C=O) groups excluding carboxylic acids is 1. The molecule has 0 heterocycles. The van der Waals surface area contributed by atoms with Gasteiger partial charge in [-0.3, -0.25) is 9.52 Å². The summed E-state index contributed by atoms with van der Waals surface area (Å²) < 4.78 is 40.4. The minimum Gasteiger partial charge on any atom is -0.374 e. The van der Waals surface area contributed by atoms with Crippen LogP contribution in [-0.2, 0) is 14.8 Å². The van der Waals surface area contributed by atoms with Crippen molar-refractivity contribution in [1.29, 1.82) is 0 Å². The molecule has 0 aliphatic rings. The fourth-order valence-corrected chi connectivity index (χ4v) is 4.41. The smallest absolute Gasteiger partial charge is 0.261 e. The monoisotopic (exact) mass is 463 g/mol. The summed E-state index contributed by atoms with van der Waals surface area (Å²) in [5.41, 5.74) is 1.73. The second kappa shape index (κ2) is 9.30. The van der Waals surface area contributed by atoms with Gasteiger partial charge in [-0.15, -0.1) is 0 Å². The van der Waals surface area contributed by atoms with Gasteiger partial charge in [0.1, 0.15) is 11.9 Å². The number of hydrogen-bond acceptors (Lipinski definition) is 4. The number of anilines is 3. The summed E-state index contributed by atoms with van der Waals surface area (Å²) in [6.45, 7) is 1.74. The van der Waals surface area contributed by atoms with Gasteiger partial charge >= 0.3 is 0 Å². The lowest BCUT2D eigenvalue weighted by atomic mass is 10.1. The van der Waals surface area contributed by atoms with E-state index >= 15 is 0 Å². The predicted molar refractivity (Wildman–Crippen MR) is 129 cm³/mol. The third-order valence-electron chi connectivity index (χ3n) is 5.09. The summed E-state index contributed by atoms with van der Waals surface area (Å²) in [6, 6.07) is 24.1. The van der Waals surface area contributed by atoms with Gasteiger partial charge in [0.25, 0.3) is 10.0 Å². The molecule has 0 fully saturated rings. The molecule has 0 aliphatic carbocycles. The first-order valence-corrected chi connectivity index (χ1v) is 11.7. The molecule has 0 spiro atoms. The molecule has 33 heavy (non-hydrogen) atoms. The van der Waals surface area contributed by atoms with Crippen molar-refractivity contribution >= 4 is 43.8 Å². The highest BCUT2D eigenvalue weighted by Crippen LogP contribution is 2.24. The third kappa shape index (κ3) is 5.30. The minimum atomic E-state index is -3.83. The molecule has 8 heteroatoms. The average molecular weight is 464 g/mol. The Bertz CT molecular complexity index is 1380. The lowest BCUT2D eigenvalue weighted by Crippen LogP contribution is -2.31. The molecule has 4 rings (SSSR count). The normalized spacial score (nSPS) is 12.2. The summed E-state index contributed by atoms with van der Waals surface area (Å²) in [5, 5.41) is 8.05. The van der Waals surface area contributed by atoms with Crippen LogP contribution in [-0.4, -0.2) is 20.4 Å². The van der Waals surface area contributed by atoms with E-state index < -0.39 is 21.9 Å². The van der Waals surface area contributed by atoms with Crippen LogP contribution in [0.4, 0.5) is 21.5 Å². The topological polar surface area (TPSA) is 87.3 Å². The zero-order valence-electron chi connectivity index (χ0n) is 17.7. The van der Waals surface area contributed by atoms with Crippen LogP contribution < -0.4 is 15.4 Å². The van der Waals surface area contributed by atoms with E-state index in [0.717, 1.165) is 28.6 Å². The first-order chi connectivity index (χ1) is 15.8. The maximum atomic E-state index is 13.0. The van der Waals surface area contributed by atoms with Crippen LogP contribution in [0.2, 0.25) is 0 Å². The Labute approximate surface area is 191 Å². The van der Waals surface area contributed by atoms with Crippen LogP contribution in [0.3, 0.4) is 0 Å². The molecule has 168 valence electrons. The second-order valence-electron chi connectivity index (χ2n) is 7.52. The van der Waals surface area contributed by atoms with E-state index in [1.165, 1.54) is 12.1 Å². The van der Waals surface area contributed by atoms with Crippen molar-refractivity contribution in [3.05, 3.63) is 96.8 Å². The van der Waals surface area contributed by atoms with E-state index in [-0.39, 0.29) is 10.8 Å². The molecule has 0 aromatic heterocycles. The van der Waals surface area contributed by atoms with Gasteiger partial charge in [-0.1, -0.05) is 36.4 Å².